The third-order valence-electron chi connectivity index (χ3n) is 3.10. The maximum absolute atomic E-state index is 12.1. The topological polar surface area (TPSA) is 38.3 Å². The van der Waals surface area contributed by atoms with Crippen LogP contribution in [0.25, 0.3) is 0 Å². The van der Waals surface area contributed by atoms with Crippen molar-refractivity contribution in [2.24, 2.45) is 0 Å². The number of hydrogen-bond donors (Lipinski definition) is 1. The van der Waals surface area contributed by atoms with E-state index < -0.39 is 0 Å². The first-order chi connectivity index (χ1) is 8.24. The first-order valence-electron chi connectivity index (χ1n) is 6.18. The summed E-state index contributed by atoms with van der Waals surface area (Å²) in [5, 5.41) is 3.24. The fraction of sp³-hybridized carbons (Fsp3) is 0.500. The molecule has 17 heavy (non-hydrogen) atoms. The fourth-order valence-electron chi connectivity index (χ4n) is 1.81. The fourth-order valence-corrected chi connectivity index (χ4v) is 1.81. The molecule has 0 bridgehead atoms. The maximum atomic E-state index is 12.1. The van der Waals surface area contributed by atoms with Gasteiger partial charge in [-0.2, -0.15) is 0 Å². The van der Waals surface area contributed by atoms with Crippen LogP contribution >= 0.6 is 0 Å². The number of aryl methyl sites for hydroxylation is 1. The predicted octanol–water partition coefficient (Wildman–Crippen LogP) is 2.19. The van der Waals surface area contributed by atoms with Gasteiger partial charge in [0.2, 0.25) is 0 Å². The third kappa shape index (κ3) is 3.07. The van der Waals surface area contributed by atoms with E-state index in [0.717, 1.165) is 6.42 Å². The summed E-state index contributed by atoms with van der Waals surface area (Å²) in [5.74, 6) is 0.786. The second kappa shape index (κ2) is 5.32. The Kier molecular flexibility index (Phi) is 3.79. The van der Waals surface area contributed by atoms with E-state index in [9.17, 15) is 4.79 Å². The summed E-state index contributed by atoms with van der Waals surface area (Å²) in [7, 11) is 1.60. The van der Waals surface area contributed by atoms with Crippen molar-refractivity contribution in [2.75, 3.05) is 13.7 Å². The van der Waals surface area contributed by atoms with Gasteiger partial charge in [-0.3, -0.25) is 4.79 Å². The van der Waals surface area contributed by atoms with Crippen LogP contribution in [0.3, 0.4) is 0 Å². The van der Waals surface area contributed by atoms with E-state index in [1.807, 2.05) is 18.2 Å². The molecule has 0 aliphatic heterocycles. The smallest absolute Gasteiger partial charge is 0.180 e. The average Bonchev–Trinajstić information content (AvgIpc) is 3.19. The van der Waals surface area contributed by atoms with Crippen molar-refractivity contribution >= 4 is 5.78 Å². The lowest BCUT2D eigenvalue weighted by Gasteiger charge is -2.09. The van der Waals surface area contributed by atoms with E-state index >= 15 is 0 Å². The monoisotopic (exact) mass is 233 g/mol. The van der Waals surface area contributed by atoms with Crippen molar-refractivity contribution in [2.45, 2.75) is 32.2 Å². The van der Waals surface area contributed by atoms with Crippen molar-refractivity contribution in [1.82, 2.24) is 5.32 Å². The molecule has 0 saturated heterocycles. The molecule has 3 heteroatoms. The molecule has 1 aromatic carbocycles. The number of nitrogens with one attached hydrogen (secondary N) is 1. The average molecular weight is 233 g/mol. The molecule has 2 rings (SSSR count). The Labute approximate surface area is 102 Å². The van der Waals surface area contributed by atoms with Gasteiger partial charge >= 0.3 is 0 Å². The summed E-state index contributed by atoms with van der Waals surface area (Å²) in [6, 6.07) is 6.38. The van der Waals surface area contributed by atoms with Crippen LogP contribution in [0.2, 0.25) is 0 Å². The number of ketones is 1. The largest absolute Gasteiger partial charge is 0.496 e. The summed E-state index contributed by atoms with van der Waals surface area (Å²) < 4.78 is 5.24. The number of methoxy groups -OCH3 is 1. The van der Waals surface area contributed by atoms with Crippen molar-refractivity contribution in [3.63, 3.8) is 0 Å². The van der Waals surface area contributed by atoms with Crippen LogP contribution in [0.15, 0.2) is 18.2 Å². The Hall–Kier alpha value is -1.35. The Morgan fingerprint density at radius 2 is 2.24 bits per heavy atom. The number of benzene rings is 1. The van der Waals surface area contributed by atoms with Gasteiger partial charge in [0, 0.05) is 6.04 Å². The van der Waals surface area contributed by atoms with Gasteiger partial charge in [0.15, 0.2) is 5.78 Å². The van der Waals surface area contributed by atoms with Crippen LogP contribution in [0.1, 0.15) is 35.7 Å². The molecule has 0 aromatic heterocycles. The first-order valence-corrected chi connectivity index (χ1v) is 6.18. The zero-order chi connectivity index (χ0) is 12.3. The summed E-state index contributed by atoms with van der Waals surface area (Å²) >= 11 is 0. The van der Waals surface area contributed by atoms with Gasteiger partial charge in [0.1, 0.15) is 5.75 Å². The quantitative estimate of drug-likeness (QED) is 0.765. The molecule has 1 saturated carbocycles. The lowest BCUT2D eigenvalue weighted by Crippen LogP contribution is -2.25. The highest BCUT2D eigenvalue weighted by molar-refractivity contribution is 6.00. The number of Topliss-reactive ketones (excluding diaryl/α,β-unsaturated/α-hetero) is 1. The molecule has 0 amide bonds. The highest BCUT2D eigenvalue weighted by atomic mass is 16.5. The molecule has 0 radical (unpaired) electrons. The Morgan fingerprint density at radius 3 is 2.82 bits per heavy atom. The maximum Gasteiger partial charge on any atom is 0.180 e. The predicted molar refractivity (Wildman–Crippen MR) is 67.7 cm³/mol. The normalized spacial score (nSPS) is 14.7. The lowest BCUT2D eigenvalue weighted by atomic mass is 10.0. The van der Waals surface area contributed by atoms with Crippen LogP contribution in [0.5, 0.6) is 5.75 Å². The summed E-state index contributed by atoms with van der Waals surface area (Å²) in [5.41, 5.74) is 1.86. The standard InChI is InChI=1S/C14H19NO2/c1-3-10-4-7-14(17-2)12(8-10)13(16)9-15-11-5-6-11/h4,7-8,11,15H,3,5-6,9H2,1-2H3. The zero-order valence-corrected chi connectivity index (χ0v) is 10.5. The van der Waals surface area contributed by atoms with Crippen LogP contribution in [0, 0.1) is 0 Å². The van der Waals surface area contributed by atoms with E-state index in [0.29, 0.717) is 23.9 Å². The molecule has 1 fully saturated rings. The highest BCUT2D eigenvalue weighted by Crippen LogP contribution is 2.22. The first kappa shape index (κ1) is 12.1. The number of carbonyl (C=O) groups excluding carboxylic acids is 1. The number of rotatable bonds is 6. The van der Waals surface area contributed by atoms with Crippen molar-refractivity contribution in [1.29, 1.82) is 0 Å². The van der Waals surface area contributed by atoms with Gasteiger partial charge in [-0.1, -0.05) is 13.0 Å². The summed E-state index contributed by atoms with van der Waals surface area (Å²) in [4.78, 5) is 12.1. The SMILES string of the molecule is CCc1ccc(OC)c(C(=O)CNC2CC2)c1. The molecular formula is C14H19NO2. The minimum atomic E-state index is 0.115. The minimum absolute atomic E-state index is 0.115. The number of hydrogen-bond acceptors (Lipinski definition) is 3. The van der Waals surface area contributed by atoms with E-state index in [2.05, 4.69) is 12.2 Å². The second-order valence-corrected chi connectivity index (χ2v) is 4.47. The molecule has 0 spiro atoms. The van der Waals surface area contributed by atoms with Crippen LogP contribution in [-0.4, -0.2) is 25.5 Å². The van der Waals surface area contributed by atoms with Gasteiger partial charge in [-0.15, -0.1) is 0 Å². The van der Waals surface area contributed by atoms with Crippen LogP contribution < -0.4 is 10.1 Å². The van der Waals surface area contributed by atoms with Gasteiger partial charge in [-0.25, -0.2) is 0 Å². The second-order valence-electron chi connectivity index (χ2n) is 4.47. The number of ether oxygens (including phenoxy) is 1. The van der Waals surface area contributed by atoms with Gasteiger partial charge in [-0.05, 0) is 37.0 Å². The highest BCUT2D eigenvalue weighted by Gasteiger charge is 2.22. The Bertz CT molecular complexity index is 411. The van der Waals surface area contributed by atoms with Crippen molar-refractivity contribution < 1.29 is 9.53 Å². The Morgan fingerprint density at radius 1 is 1.47 bits per heavy atom. The van der Waals surface area contributed by atoms with Crippen LogP contribution in [0.4, 0.5) is 0 Å². The third-order valence-corrected chi connectivity index (χ3v) is 3.10. The lowest BCUT2D eigenvalue weighted by molar-refractivity contribution is 0.0987. The van der Waals surface area contributed by atoms with Gasteiger partial charge < -0.3 is 10.1 Å². The van der Waals surface area contributed by atoms with Gasteiger partial charge in [0.05, 0.1) is 19.2 Å². The van der Waals surface area contributed by atoms with E-state index in [-0.39, 0.29) is 5.78 Å². The molecule has 0 unspecified atom stereocenters. The molecule has 0 heterocycles. The molecule has 92 valence electrons. The van der Waals surface area contributed by atoms with E-state index in [4.69, 9.17) is 4.74 Å². The molecule has 1 aliphatic rings. The van der Waals surface area contributed by atoms with Crippen molar-refractivity contribution in [3.05, 3.63) is 29.3 Å². The van der Waals surface area contributed by atoms with Crippen LogP contribution in [-0.2, 0) is 6.42 Å². The van der Waals surface area contributed by atoms with Gasteiger partial charge in [0.25, 0.3) is 0 Å². The molecular weight excluding hydrogens is 214 g/mol. The molecule has 0 atom stereocenters. The Balaban J connectivity index is 2.12. The molecule has 3 nitrogen and oxygen atoms in total. The minimum Gasteiger partial charge on any atom is -0.496 e. The van der Waals surface area contributed by atoms with Crippen molar-refractivity contribution in [3.8, 4) is 5.75 Å². The molecule has 1 aliphatic carbocycles. The van der Waals surface area contributed by atoms with E-state index in [1.54, 1.807) is 7.11 Å². The molecule has 1 aromatic rings. The zero-order valence-electron chi connectivity index (χ0n) is 10.5. The summed E-state index contributed by atoms with van der Waals surface area (Å²) in [6.07, 6.45) is 3.32. The summed E-state index contributed by atoms with van der Waals surface area (Å²) in [6.45, 7) is 2.49. The molecule has 1 N–H and O–H groups in total. The van der Waals surface area contributed by atoms with E-state index in [1.165, 1.54) is 18.4 Å². The number of carbonyl (C=O) groups is 1.